The summed E-state index contributed by atoms with van der Waals surface area (Å²) in [5.41, 5.74) is 1.02. The number of pyridine rings is 1. The fraction of sp³-hybridized carbons (Fsp3) is 0.455. The van der Waals surface area contributed by atoms with Crippen LogP contribution in [-0.2, 0) is 4.79 Å². The standard InChI is InChI=1S/C11H14BrN3O/c1-7-4-8(12)5-13-11(7)14-6-10(16)15-9-2-3-9/h4-5,9H,2-3,6H2,1H3,(H,13,14)(H,15,16). The van der Waals surface area contributed by atoms with Gasteiger partial charge in [0.15, 0.2) is 0 Å². The summed E-state index contributed by atoms with van der Waals surface area (Å²) in [6, 6.07) is 2.38. The molecule has 0 atom stereocenters. The van der Waals surface area contributed by atoms with Crippen LogP contribution in [-0.4, -0.2) is 23.5 Å². The lowest BCUT2D eigenvalue weighted by molar-refractivity contribution is -0.119. The highest BCUT2D eigenvalue weighted by Crippen LogP contribution is 2.19. The minimum Gasteiger partial charge on any atom is -0.361 e. The van der Waals surface area contributed by atoms with Crippen molar-refractivity contribution in [2.45, 2.75) is 25.8 Å². The third kappa shape index (κ3) is 3.20. The molecule has 0 saturated heterocycles. The molecule has 0 unspecified atom stereocenters. The molecule has 1 amide bonds. The van der Waals surface area contributed by atoms with Gasteiger partial charge in [-0.05, 0) is 47.3 Å². The zero-order valence-electron chi connectivity index (χ0n) is 9.09. The monoisotopic (exact) mass is 283 g/mol. The summed E-state index contributed by atoms with van der Waals surface area (Å²) < 4.78 is 0.943. The van der Waals surface area contributed by atoms with Crippen molar-refractivity contribution in [1.29, 1.82) is 0 Å². The Hall–Kier alpha value is -1.10. The smallest absolute Gasteiger partial charge is 0.239 e. The first-order valence-electron chi connectivity index (χ1n) is 5.30. The van der Waals surface area contributed by atoms with E-state index in [-0.39, 0.29) is 12.5 Å². The zero-order valence-corrected chi connectivity index (χ0v) is 10.7. The predicted octanol–water partition coefficient (Wildman–Crippen LogP) is 1.84. The van der Waals surface area contributed by atoms with Gasteiger partial charge in [0.1, 0.15) is 5.82 Å². The molecule has 86 valence electrons. The Morgan fingerprint density at radius 2 is 2.38 bits per heavy atom. The van der Waals surface area contributed by atoms with Crippen LogP contribution in [0.15, 0.2) is 16.7 Å². The molecule has 1 heterocycles. The van der Waals surface area contributed by atoms with E-state index in [2.05, 4.69) is 31.5 Å². The van der Waals surface area contributed by atoms with E-state index in [0.717, 1.165) is 28.7 Å². The lowest BCUT2D eigenvalue weighted by atomic mass is 10.3. The van der Waals surface area contributed by atoms with Gasteiger partial charge in [-0.3, -0.25) is 4.79 Å². The number of nitrogens with zero attached hydrogens (tertiary/aromatic N) is 1. The molecule has 2 rings (SSSR count). The Morgan fingerprint density at radius 1 is 1.62 bits per heavy atom. The Morgan fingerprint density at radius 3 is 3.00 bits per heavy atom. The maximum atomic E-state index is 11.4. The van der Waals surface area contributed by atoms with E-state index < -0.39 is 0 Å². The third-order valence-corrected chi connectivity index (χ3v) is 2.84. The van der Waals surface area contributed by atoms with E-state index in [0.29, 0.717) is 6.04 Å². The van der Waals surface area contributed by atoms with Crippen molar-refractivity contribution in [1.82, 2.24) is 10.3 Å². The Labute approximate surface area is 103 Å². The molecular weight excluding hydrogens is 270 g/mol. The first-order valence-corrected chi connectivity index (χ1v) is 6.10. The number of amides is 1. The fourth-order valence-electron chi connectivity index (χ4n) is 1.40. The zero-order chi connectivity index (χ0) is 11.5. The second-order valence-electron chi connectivity index (χ2n) is 4.01. The van der Waals surface area contributed by atoms with Gasteiger partial charge in [-0.2, -0.15) is 0 Å². The Balaban J connectivity index is 1.85. The first-order chi connectivity index (χ1) is 7.65. The molecule has 1 saturated carbocycles. The van der Waals surface area contributed by atoms with Gasteiger partial charge in [-0.25, -0.2) is 4.98 Å². The number of aromatic nitrogens is 1. The highest BCUT2D eigenvalue weighted by molar-refractivity contribution is 9.10. The third-order valence-electron chi connectivity index (χ3n) is 2.40. The van der Waals surface area contributed by atoms with Gasteiger partial charge in [-0.15, -0.1) is 0 Å². The molecule has 2 N–H and O–H groups in total. The average Bonchev–Trinajstić information content (AvgIpc) is 3.00. The highest BCUT2D eigenvalue weighted by Gasteiger charge is 2.22. The van der Waals surface area contributed by atoms with Gasteiger partial charge < -0.3 is 10.6 Å². The molecule has 1 aliphatic rings. The van der Waals surface area contributed by atoms with Crippen molar-refractivity contribution in [2.75, 3.05) is 11.9 Å². The van der Waals surface area contributed by atoms with Crippen molar-refractivity contribution < 1.29 is 4.79 Å². The largest absolute Gasteiger partial charge is 0.361 e. The van der Waals surface area contributed by atoms with Crippen molar-refractivity contribution in [3.8, 4) is 0 Å². The van der Waals surface area contributed by atoms with Crippen LogP contribution in [0.4, 0.5) is 5.82 Å². The van der Waals surface area contributed by atoms with Crippen LogP contribution in [0.5, 0.6) is 0 Å². The van der Waals surface area contributed by atoms with Crippen LogP contribution in [0.1, 0.15) is 18.4 Å². The van der Waals surface area contributed by atoms with E-state index in [1.54, 1.807) is 6.20 Å². The fourth-order valence-corrected chi connectivity index (χ4v) is 1.84. The molecule has 0 radical (unpaired) electrons. The lowest BCUT2D eigenvalue weighted by Gasteiger charge is -2.08. The highest BCUT2D eigenvalue weighted by atomic mass is 79.9. The van der Waals surface area contributed by atoms with Crippen LogP contribution in [0.3, 0.4) is 0 Å². The van der Waals surface area contributed by atoms with Crippen LogP contribution in [0.25, 0.3) is 0 Å². The molecule has 16 heavy (non-hydrogen) atoms. The normalized spacial score (nSPS) is 14.6. The van der Waals surface area contributed by atoms with E-state index in [1.807, 2.05) is 13.0 Å². The predicted molar refractivity (Wildman–Crippen MR) is 66.3 cm³/mol. The number of rotatable bonds is 4. The second kappa shape index (κ2) is 4.82. The van der Waals surface area contributed by atoms with Crippen LogP contribution < -0.4 is 10.6 Å². The summed E-state index contributed by atoms with van der Waals surface area (Å²) in [5, 5.41) is 5.95. The van der Waals surface area contributed by atoms with Gasteiger partial charge in [0, 0.05) is 16.7 Å². The van der Waals surface area contributed by atoms with E-state index in [4.69, 9.17) is 0 Å². The minimum absolute atomic E-state index is 0.0339. The SMILES string of the molecule is Cc1cc(Br)cnc1NCC(=O)NC1CC1. The van der Waals surface area contributed by atoms with Crippen molar-refractivity contribution in [3.63, 3.8) is 0 Å². The Bertz CT molecular complexity index is 404. The summed E-state index contributed by atoms with van der Waals surface area (Å²) in [6.45, 7) is 2.24. The molecule has 0 aliphatic heterocycles. The van der Waals surface area contributed by atoms with Crippen molar-refractivity contribution in [2.24, 2.45) is 0 Å². The number of nitrogens with one attached hydrogen (secondary N) is 2. The molecule has 1 aliphatic carbocycles. The minimum atomic E-state index is 0.0339. The van der Waals surface area contributed by atoms with Crippen LogP contribution in [0.2, 0.25) is 0 Å². The molecule has 0 spiro atoms. The van der Waals surface area contributed by atoms with Gasteiger partial charge in [0.05, 0.1) is 6.54 Å². The van der Waals surface area contributed by atoms with Crippen LogP contribution >= 0.6 is 15.9 Å². The first kappa shape index (κ1) is 11.4. The summed E-state index contributed by atoms with van der Waals surface area (Å²) >= 11 is 3.35. The molecule has 4 nitrogen and oxygen atoms in total. The van der Waals surface area contributed by atoms with E-state index >= 15 is 0 Å². The molecule has 5 heteroatoms. The van der Waals surface area contributed by atoms with Gasteiger partial charge >= 0.3 is 0 Å². The van der Waals surface area contributed by atoms with Gasteiger partial charge in [0.2, 0.25) is 5.91 Å². The Kier molecular flexibility index (Phi) is 3.43. The molecule has 0 aromatic carbocycles. The number of hydrogen-bond donors (Lipinski definition) is 2. The van der Waals surface area contributed by atoms with Crippen LogP contribution in [0, 0.1) is 6.92 Å². The van der Waals surface area contributed by atoms with Gasteiger partial charge in [0.25, 0.3) is 0 Å². The van der Waals surface area contributed by atoms with E-state index in [1.165, 1.54) is 0 Å². The molecular formula is C11H14BrN3O. The van der Waals surface area contributed by atoms with E-state index in [9.17, 15) is 4.79 Å². The molecule has 0 bridgehead atoms. The summed E-state index contributed by atoms with van der Waals surface area (Å²) in [5.74, 6) is 0.792. The summed E-state index contributed by atoms with van der Waals surface area (Å²) in [4.78, 5) is 15.6. The average molecular weight is 284 g/mol. The van der Waals surface area contributed by atoms with Crippen molar-refractivity contribution >= 4 is 27.7 Å². The summed E-state index contributed by atoms with van der Waals surface area (Å²) in [6.07, 6.45) is 3.94. The number of carbonyl (C=O) groups is 1. The topological polar surface area (TPSA) is 54.0 Å². The van der Waals surface area contributed by atoms with Gasteiger partial charge in [-0.1, -0.05) is 0 Å². The lowest BCUT2D eigenvalue weighted by Crippen LogP contribution is -2.31. The number of hydrogen-bond acceptors (Lipinski definition) is 3. The maximum Gasteiger partial charge on any atom is 0.239 e. The van der Waals surface area contributed by atoms with Crippen molar-refractivity contribution in [3.05, 3.63) is 22.3 Å². The molecule has 1 aromatic rings. The second-order valence-corrected chi connectivity index (χ2v) is 4.93. The molecule has 1 fully saturated rings. The quantitative estimate of drug-likeness (QED) is 0.887. The number of anilines is 1. The maximum absolute atomic E-state index is 11.4. The molecule has 1 aromatic heterocycles. The number of carbonyl (C=O) groups excluding carboxylic acids is 1. The number of aryl methyl sites for hydroxylation is 1. The summed E-state index contributed by atoms with van der Waals surface area (Å²) in [7, 11) is 0. The number of halogens is 1.